The maximum atomic E-state index is 2.53. The van der Waals surface area contributed by atoms with E-state index in [1.807, 2.05) is 0 Å². The lowest BCUT2D eigenvalue weighted by molar-refractivity contribution is 0.246. The quantitative estimate of drug-likeness (QED) is 0.421. The van der Waals surface area contributed by atoms with Crippen molar-refractivity contribution in [1.29, 1.82) is 0 Å². The lowest BCUT2D eigenvalue weighted by atomic mass is 9.78. The van der Waals surface area contributed by atoms with Crippen molar-refractivity contribution in [2.75, 3.05) is 0 Å². The summed E-state index contributed by atoms with van der Waals surface area (Å²) >= 11 is 0. The van der Waals surface area contributed by atoms with E-state index in [1.54, 1.807) is 5.57 Å². The third-order valence-electron chi connectivity index (χ3n) is 6.80. The molecule has 0 amide bonds. The molecule has 1 unspecified atom stereocenters. The van der Waals surface area contributed by atoms with Gasteiger partial charge in [0.2, 0.25) is 0 Å². The molecular weight excluding hydrogens is 300 g/mol. The normalized spacial score (nSPS) is 27.1. The smallest absolute Gasteiger partial charge is 0.0228 e. The third-order valence-corrected chi connectivity index (χ3v) is 6.80. The van der Waals surface area contributed by atoms with Crippen molar-refractivity contribution in [2.24, 2.45) is 17.8 Å². The lowest BCUT2D eigenvalue weighted by Gasteiger charge is -2.28. The first-order valence-corrected chi connectivity index (χ1v) is 11.1. The van der Waals surface area contributed by atoms with Gasteiger partial charge in [0.25, 0.3) is 0 Å². The first kappa shape index (κ1) is 18.7. The minimum Gasteiger partial charge on any atom is -0.0804 e. The van der Waals surface area contributed by atoms with E-state index in [2.05, 4.69) is 43.3 Å². The van der Waals surface area contributed by atoms with Crippen molar-refractivity contribution >= 4 is 5.57 Å². The molecule has 25 heavy (non-hydrogen) atoms. The maximum absolute atomic E-state index is 2.53. The predicted octanol–water partition coefficient (Wildman–Crippen LogP) is 8.04. The van der Waals surface area contributed by atoms with Crippen LogP contribution in [0.4, 0.5) is 0 Å². The van der Waals surface area contributed by atoms with E-state index in [0.29, 0.717) is 0 Å². The van der Waals surface area contributed by atoms with Crippen LogP contribution in [0.2, 0.25) is 0 Å². The van der Waals surface area contributed by atoms with Gasteiger partial charge in [0.15, 0.2) is 0 Å². The second kappa shape index (κ2) is 10.2. The molecule has 0 N–H and O–H groups in total. The summed E-state index contributed by atoms with van der Waals surface area (Å²) in [6.07, 6.45) is 21.4. The topological polar surface area (TPSA) is 0 Å². The highest BCUT2D eigenvalue weighted by molar-refractivity contribution is 5.66. The number of rotatable bonds is 8. The molecule has 0 nitrogen and oxygen atoms in total. The Bertz CT molecular complexity index is 504. The van der Waals surface area contributed by atoms with Gasteiger partial charge in [-0.3, -0.25) is 0 Å². The standard InChI is InChI=1S/C25H38/c1-2-8-21-13-15-22(16-14-21)9-6-7-10-23-17-19-25(20-18-23)24-11-4-3-5-12-24/h3-5,11-12,19,21-23H,2,6-10,13-18,20H2,1H3/t21-,22-,23?. The van der Waals surface area contributed by atoms with Gasteiger partial charge in [0.1, 0.15) is 0 Å². The Morgan fingerprint density at radius 2 is 1.40 bits per heavy atom. The van der Waals surface area contributed by atoms with E-state index in [0.717, 1.165) is 17.8 Å². The molecule has 0 aliphatic heterocycles. The summed E-state index contributed by atoms with van der Waals surface area (Å²) in [5.41, 5.74) is 3.03. The molecule has 2 aliphatic carbocycles. The SMILES string of the molecule is CCC[C@H]1CC[C@H](CCCCC2CC=C(c3ccccc3)CC2)CC1. The van der Waals surface area contributed by atoms with Crippen LogP contribution in [0.3, 0.4) is 0 Å². The van der Waals surface area contributed by atoms with Crippen LogP contribution < -0.4 is 0 Å². The van der Waals surface area contributed by atoms with Crippen molar-refractivity contribution in [2.45, 2.75) is 90.4 Å². The average Bonchev–Trinajstić information content (AvgIpc) is 2.68. The summed E-state index contributed by atoms with van der Waals surface area (Å²) in [5.74, 6) is 3.07. The summed E-state index contributed by atoms with van der Waals surface area (Å²) in [6, 6.07) is 11.0. The number of hydrogen-bond acceptors (Lipinski definition) is 0. The van der Waals surface area contributed by atoms with Gasteiger partial charge >= 0.3 is 0 Å². The monoisotopic (exact) mass is 338 g/mol. The highest BCUT2D eigenvalue weighted by Crippen LogP contribution is 2.35. The van der Waals surface area contributed by atoms with E-state index < -0.39 is 0 Å². The second-order valence-corrected chi connectivity index (χ2v) is 8.70. The van der Waals surface area contributed by atoms with Crippen LogP contribution in [0.1, 0.15) is 96.0 Å². The molecule has 0 bridgehead atoms. The van der Waals surface area contributed by atoms with Gasteiger partial charge in [0, 0.05) is 0 Å². The number of allylic oxidation sites excluding steroid dienone is 2. The van der Waals surface area contributed by atoms with Gasteiger partial charge in [-0.05, 0) is 48.2 Å². The summed E-state index contributed by atoms with van der Waals surface area (Å²) in [4.78, 5) is 0. The van der Waals surface area contributed by atoms with Crippen LogP contribution >= 0.6 is 0 Å². The summed E-state index contributed by atoms with van der Waals surface area (Å²) in [5, 5.41) is 0. The Balaban J connectivity index is 1.29. The molecule has 0 aromatic heterocycles. The first-order valence-electron chi connectivity index (χ1n) is 11.1. The zero-order valence-corrected chi connectivity index (χ0v) is 16.4. The fraction of sp³-hybridized carbons (Fsp3) is 0.680. The van der Waals surface area contributed by atoms with Crippen LogP contribution in [0.25, 0.3) is 5.57 Å². The molecule has 0 radical (unpaired) electrons. The van der Waals surface area contributed by atoms with Crippen LogP contribution in [0.15, 0.2) is 36.4 Å². The minimum atomic E-state index is 0.952. The van der Waals surface area contributed by atoms with Gasteiger partial charge in [-0.1, -0.05) is 108 Å². The van der Waals surface area contributed by atoms with Crippen molar-refractivity contribution in [1.82, 2.24) is 0 Å². The Labute approximate surface area is 156 Å². The van der Waals surface area contributed by atoms with Gasteiger partial charge in [-0.15, -0.1) is 0 Å². The highest BCUT2D eigenvalue weighted by atomic mass is 14.3. The Morgan fingerprint density at radius 1 is 0.760 bits per heavy atom. The fourth-order valence-corrected chi connectivity index (χ4v) is 5.15. The first-order chi connectivity index (χ1) is 12.3. The molecule has 3 rings (SSSR count). The summed E-state index contributed by atoms with van der Waals surface area (Å²) in [6.45, 7) is 2.34. The molecule has 1 atom stereocenters. The van der Waals surface area contributed by atoms with Crippen LogP contribution in [0.5, 0.6) is 0 Å². The largest absolute Gasteiger partial charge is 0.0804 e. The molecule has 1 aromatic rings. The van der Waals surface area contributed by atoms with E-state index >= 15 is 0 Å². The van der Waals surface area contributed by atoms with Crippen molar-refractivity contribution < 1.29 is 0 Å². The Hall–Kier alpha value is -1.04. The van der Waals surface area contributed by atoms with Crippen molar-refractivity contribution in [3.05, 3.63) is 42.0 Å². The zero-order chi connectivity index (χ0) is 17.3. The molecule has 0 heterocycles. The summed E-state index contributed by atoms with van der Waals surface area (Å²) in [7, 11) is 0. The van der Waals surface area contributed by atoms with Gasteiger partial charge in [-0.2, -0.15) is 0 Å². The lowest BCUT2D eigenvalue weighted by Crippen LogP contribution is -2.14. The number of hydrogen-bond donors (Lipinski definition) is 0. The number of unbranched alkanes of at least 4 members (excludes halogenated alkanes) is 1. The van der Waals surface area contributed by atoms with Crippen molar-refractivity contribution in [3.8, 4) is 0 Å². The maximum Gasteiger partial charge on any atom is -0.0228 e. The van der Waals surface area contributed by atoms with Crippen molar-refractivity contribution in [3.63, 3.8) is 0 Å². The molecule has 2 aliphatic rings. The third kappa shape index (κ3) is 6.01. The zero-order valence-electron chi connectivity index (χ0n) is 16.4. The molecule has 1 fully saturated rings. The van der Waals surface area contributed by atoms with E-state index in [-0.39, 0.29) is 0 Å². The van der Waals surface area contributed by atoms with E-state index in [9.17, 15) is 0 Å². The fourth-order valence-electron chi connectivity index (χ4n) is 5.15. The molecule has 1 aromatic carbocycles. The summed E-state index contributed by atoms with van der Waals surface area (Å²) < 4.78 is 0. The predicted molar refractivity (Wildman–Crippen MR) is 111 cm³/mol. The van der Waals surface area contributed by atoms with Crippen LogP contribution in [-0.4, -0.2) is 0 Å². The van der Waals surface area contributed by atoms with Crippen LogP contribution in [0, 0.1) is 17.8 Å². The molecule has 0 heteroatoms. The number of benzene rings is 1. The molecule has 0 spiro atoms. The molecule has 1 saturated carbocycles. The Kier molecular flexibility index (Phi) is 7.64. The highest BCUT2D eigenvalue weighted by Gasteiger charge is 2.20. The van der Waals surface area contributed by atoms with Gasteiger partial charge < -0.3 is 0 Å². The van der Waals surface area contributed by atoms with Gasteiger partial charge in [-0.25, -0.2) is 0 Å². The molecule has 0 saturated heterocycles. The van der Waals surface area contributed by atoms with E-state index in [1.165, 1.54) is 89.0 Å². The Morgan fingerprint density at radius 3 is 2.00 bits per heavy atom. The minimum absolute atomic E-state index is 0.952. The van der Waals surface area contributed by atoms with Crippen LogP contribution in [-0.2, 0) is 0 Å². The second-order valence-electron chi connectivity index (χ2n) is 8.70. The van der Waals surface area contributed by atoms with Gasteiger partial charge in [0.05, 0.1) is 0 Å². The van der Waals surface area contributed by atoms with E-state index in [4.69, 9.17) is 0 Å². The molecular formula is C25H38. The molecule has 138 valence electrons. The average molecular weight is 339 g/mol.